The zero-order chi connectivity index (χ0) is 12.1. The molecule has 0 unspecified atom stereocenters. The molecule has 1 heteroatoms. The van der Waals surface area contributed by atoms with Crippen molar-refractivity contribution in [2.75, 3.05) is 20.1 Å². The second-order valence-electron chi connectivity index (χ2n) is 7.30. The van der Waals surface area contributed by atoms with Crippen LogP contribution in [0.15, 0.2) is 24.3 Å². The van der Waals surface area contributed by atoms with Crippen molar-refractivity contribution in [2.24, 2.45) is 35.5 Å². The van der Waals surface area contributed by atoms with Crippen molar-refractivity contribution < 1.29 is 0 Å². The molecule has 1 nitrogen and oxygen atoms in total. The monoisotopic (exact) mass is 243 g/mol. The molecule has 0 aliphatic heterocycles. The van der Waals surface area contributed by atoms with Gasteiger partial charge in [-0.25, -0.2) is 0 Å². The van der Waals surface area contributed by atoms with E-state index in [2.05, 4.69) is 36.3 Å². The second kappa shape index (κ2) is 4.23. The van der Waals surface area contributed by atoms with E-state index < -0.39 is 0 Å². The van der Waals surface area contributed by atoms with Crippen LogP contribution in [0, 0.1) is 35.5 Å². The van der Waals surface area contributed by atoms with Gasteiger partial charge in [-0.05, 0) is 68.2 Å². The molecule has 0 aromatic carbocycles. The average molecular weight is 243 g/mol. The maximum atomic E-state index is 2.64. The van der Waals surface area contributed by atoms with Crippen LogP contribution in [-0.2, 0) is 0 Å². The number of nitrogens with zero attached hydrogens (tertiary/aromatic N) is 1. The summed E-state index contributed by atoms with van der Waals surface area (Å²) in [7, 11) is 2.35. The highest BCUT2D eigenvalue weighted by atomic mass is 15.1. The van der Waals surface area contributed by atoms with Crippen molar-refractivity contribution in [1.82, 2.24) is 4.90 Å². The topological polar surface area (TPSA) is 3.24 Å². The lowest BCUT2D eigenvalue weighted by Gasteiger charge is -2.29. The van der Waals surface area contributed by atoms with E-state index in [-0.39, 0.29) is 0 Å². The van der Waals surface area contributed by atoms with Gasteiger partial charge in [0.25, 0.3) is 0 Å². The van der Waals surface area contributed by atoms with Crippen molar-refractivity contribution in [3.05, 3.63) is 24.3 Å². The minimum Gasteiger partial charge on any atom is -0.306 e. The van der Waals surface area contributed by atoms with E-state index in [1.807, 2.05) is 0 Å². The van der Waals surface area contributed by atoms with Gasteiger partial charge in [-0.15, -0.1) is 0 Å². The molecule has 0 aromatic heterocycles. The summed E-state index contributed by atoms with van der Waals surface area (Å²) in [5, 5.41) is 0. The summed E-state index contributed by atoms with van der Waals surface area (Å²) < 4.78 is 0. The largest absolute Gasteiger partial charge is 0.306 e. The highest BCUT2D eigenvalue weighted by molar-refractivity contribution is 5.12. The number of allylic oxidation sites excluding steroid dienone is 4. The van der Waals surface area contributed by atoms with Crippen LogP contribution < -0.4 is 0 Å². The maximum absolute atomic E-state index is 2.64. The van der Waals surface area contributed by atoms with E-state index >= 15 is 0 Å². The molecule has 0 spiro atoms. The van der Waals surface area contributed by atoms with E-state index in [0.717, 1.165) is 35.5 Å². The Labute approximate surface area is 111 Å². The molecule has 18 heavy (non-hydrogen) atoms. The molecule has 4 bridgehead atoms. The fourth-order valence-electron chi connectivity index (χ4n) is 5.08. The van der Waals surface area contributed by atoms with E-state index in [0.29, 0.717) is 0 Å². The predicted octanol–water partition coefficient (Wildman–Crippen LogP) is 3.34. The first-order valence-corrected chi connectivity index (χ1v) is 7.83. The quantitative estimate of drug-likeness (QED) is 0.685. The van der Waals surface area contributed by atoms with Gasteiger partial charge in [0, 0.05) is 13.1 Å². The second-order valence-corrected chi connectivity index (χ2v) is 7.30. The van der Waals surface area contributed by atoms with Gasteiger partial charge in [0.05, 0.1) is 0 Å². The van der Waals surface area contributed by atoms with Crippen molar-refractivity contribution in [2.45, 2.75) is 25.7 Å². The van der Waals surface area contributed by atoms with E-state index in [1.165, 1.54) is 38.8 Å². The van der Waals surface area contributed by atoms with Crippen LogP contribution in [0.2, 0.25) is 0 Å². The lowest BCUT2D eigenvalue weighted by Crippen LogP contribution is -2.33. The molecule has 0 amide bonds. The Bertz CT molecular complexity index is 347. The molecule has 0 aromatic rings. The third kappa shape index (κ3) is 1.87. The highest BCUT2D eigenvalue weighted by Crippen LogP contribution is 2.45. The molecule has 2 fully saturated rings. The molecule has 6 atom stereocenters. The Hall–Kier alpha value is -0.560. The van der Waals surface area contributed by atoms with Crippen LogP contribution in [0.25, 0.3) is 0 Å². The number of hydrogen-bond donors (Lipinski definition) is 0. The molecule has 0 N–H and O–H groups in total. The predicted molar refractivity (Wildman–Crippen MR) is 75.2 cm³/mol. The van der Waals surface area contributed by atoms with Gasteiger partial charge in [-0.2, -0.15) is 0 Å². The van der Waals surface area contributed by atoms with Gasteiger partial charge >= 0.3 is 0 Å². The van der Waals surface area contributed by atoms with E-state index in [9.17, 15) is 0 Å². The smallest absolute Gasteiger partial charge is 0.00126 e. The van der Waals surface area contributed by atoms with Gasteiger partial charge in [0.2, 0.25) is 0 Å². The maximum Gasteiger partial charge on any atom is 0.00126 e. The van der Waals surface area contributed by atoms with Crippen LogP contribution >= 0.6 is 0 Å². The fourth-order valence-corrected chi connectivity index (χ4v) is 5.08. The molecular weight excluding hydrogens is 218 g/mol. The average Bonchev–Trinajstić information content (AvgIpc) is 3.08. The summed E-state index contributed by atoms with van der Waals surface area (Å²) in [4.78, 5) is 2.64. The molecule has 4 rings (SSSR count). The molecule has 0 saturated heterocycles. The first-order valence-electron chi connectivity index (χ1n) is 7.83. The third-order valence-corrected chi connectivity index (χ3v) is 5.93. The first kappa shape index (κ1) is 11.3. The molecular formula is C17H25N. The van der Waals surface area contributed by atoms with Gasteiger partial charge in [-0.1, -0.05) is 24.3 Å². The van der Waals surface area contributed by atoms with Crippen molar-refractivity contribution >= 4 is 0 Å². The summed E-state index contributed by atoms with van der Waals surface area (Å²) in [6.45, 7) is 2.67. The first-order chi connectivity index (χ1) is 8.78. The summed E-state index contributed by atoms with van der Waals surface area (Å²) in [5.41, 5.74) is 0. The SMILES string of the molecule is CN(C[C@H]1C[C@H]2C=C[C@H]1C2)C[C@H]1C[C@H]2C=C[C@H]1C2. The third-order valence-electron chi connectivity index (χ3n) is 5.93. The van der Waals surface area contributed by atoms with Gasteiger partial charge < -0.3 is 4.90 Å². The normalized spacial score (nSPS) is 47.9. The Kier molecular flexibility index (Phi) is 2.65. The Morgan fingerprint density at radius 3 is 1.61 bits per heavy atom. The molecule has 4 aliphatic carbocycles. The summed E-state index contributed by atoms with van der Waals surface area (Å²) in [5.74, 6) is 5.60. The highest BCUT2D eigenvalue weighted by Gasteiger charge is 2.38. The van der Waals surface area contributed by atoms with Crippen molar-refractivity contribution in [3.8, 4) is 0 Å². The Balaban J connectivity index is 1.30. The van der Waals surface area contributed by atoms with E-state index in [4.69, 9.17) is 0 Å². The molecule has 0 heterocycles. The van der Waals surface area contributed by atoms with Gasteiger partial charge in [0.15, 0.2) is 0 Å². The molecule has 2 saturated carbocycles. The summed E-state index contributed by atoms with van der Waals surface area (Å²) in [6, 6.07) is 0. The lowest BCUT2D eigenvalue weighted by molar-refractivity contribution is 0.209. The van der Waals surface area contributed by atoms with Gasteiger partial charge in [-0.3, -0.25) is 0 Å². The minimum atomic E-state index is 0.914. The Morgan fingerprint density at radius 1 is 0.778 bits per heavy atom. The molecule has 98 valence electrons. The van der Waals surface area contributed by atoms with Crippen molar-refractivity contribution in [1.29, 1.82) is 0 Å². The van der Waals surface area contributed by atoms with Crippen LogP contribution in [0.1, 0.15) is 25.7 Å². The van der Waals surface area contributed by atoms with Gasteiger partial charge in [0.1, 0.15) is 0 Å². The van der Waals surface area contributed by atoms with Crippen LogP contribution in [0.5, 0.6) is 0 Å². The standard InChI is InChI=1S/C17H25N/c1-18(10-16-8-12-2-4-14(16)6-12)11-17-9-13-3-5-15(17)7-13/h2-5,12-17H,6-11H2,1H3/t12-,13-,14-,15-,16+,17+/m0/s1. The number of hydrogen-bond acceptors (Lipinski definition) is 1. The summed E-state index contributed by atoms with van der Waals surface area (Å²) >= 11 is 0. The molecule has 4 aliphatic rings. The minimum absolute atomic E-state index is 0.914. The fraction of sp³-hybridized carbons (Fsp3) is 0.765. The number of fused-ring (bicyclic) bond motifs is 4. The van der Waals surface area contributed by atoms with Crippen molar-refractivity contribution in [3.63, 3.8) is 0 Å². The lowest BCUT2D eigenvalue weighted by atomic mass is 9.91. The van der Waals surface area contributed by atoms with Crippen LogP contribution in [0.4, 0.5) is 0 Å². The molecule has 0 radical (unpaired) electrons. The van der Waals surface area contributed by atoms with Crippen LogP contribution in [-0.4, -0.2) is 25.0 Å². The summed E-state index contributed by atoms with van der Waals surface area (Å²) in [6.07, 6.45) is 15.7. The zero-order valence-corrected chi connectivity index (χ0v) is 11.5. The number of rotatable bonds is 4. The zero-order valence-electron chi connectivity index (χ0n) is 11.5. The Morgan fingerprint density at radius 2 is 1.28 bits per heavy atom. The van der Waals surface area contributed by atoms with Crippen LogP contribution in [0.3, 0.4) is 0 Å². The van der Waals surface area contributed by atoms with E-state index in [1.54, 1.807) is 0 Å².